The molecule has 0 atom stereocenters. The maximum Gasteiger partial charge on any atom is 0.126 e. The smallest absolute Gasteiger partial charge is 0.126 e. The third-order valence-corrected chi connectivity index (χ3v) is 5.79. The second kappa shape index (κ2) is 7.98. The number of halogens is 3. The van der Waals surface area contributed by atoms with Crippen molar-refractivity contribution in [1.29, 1.82) is 0 Å². The summed E-state index contributed by atoms with van der Waals surface area (Å²) in [4.78, 5) is 5.68. The molecule has 0 unspecified atom stereocenters. The molecule has 6 heteroatoms. The van der Waals surface area contributed by atoms with Crippen molar-refractivity contribution in [1.82, 2.24) is 4.98 Å². The molecule has 3 rings (SSSR count). The highest BCUT2D eigenvalue weighted by Crippen LogP contribution is 2.38. The SMILES string of the molecule is Cc1nc(-c2c(Cl)cccc2Cl)sc1COCc1ccc(Br)cc1. The van der Waals surface area contributed by atoms with Crippen LogP contribution in [0.4, 0.5) is 0 Å². The first kappa shape index (κ1) is 17.9. The van der Waals surface area contributed by atoms with Gasteiger partial charge in [-0.05, 0) is 36.8 Å². The minimum atomic E-state index is 0.516. The highest BCUT2D eigenvalue weighted by molar-refractivity contribution is 9.10. The molecule has 0 saturated heterocycles. The van der Waals surface area contributed by atoms with Crippen molar-refractivity contribution < 1.29 is 4.74 Å². The second-order valence-corrected chi connectivity index (χ2v) is 8.06. The van der Waals surface area contributed by atoms with Crippen molar-refractivity contribution in [2.75, 3.05) is 0 Å². The molecular formula is C18H14BrCl2NOS. The molecule has 1 heterocycles. The number of thiazole rings is 1. The van der Waals surface area contributed by atoms with E-state index in [1.807, 2.05) is 49.4 Å². The van der Waals surface area contributed by atoms with Gasteiger partial charge in [0.05, 0.1) is 33.8 Å². The molecule has 0 aliphatic rings. The molecule has 24 heavy (non-hydrogen) atoms. The Labute approximate surface area is 163 Å². The van der Waals surface area contributed by atoms with E-state index in [-0.39, 0.29) is 0 Å². The van der Waals surface area contributed by atoms with Crippen LogP contribution in [0.1, 0.15) is 16.1 Å². The van der Waals surface area contributed by atoms with E-state index >= 15 is 0 Å². The lowest BCUT2D eigenvalue weighted by molar-refractivity contribution is 0.109. The van der Waals surface area contributed by atoms with Gasteiger partial charge in [-0.2, -0.15) is 0 Å². The quantitative estimate of drug-likeness (QED) is 0.428. The molecule has 2 nitrogen and oxygen atoms in total. The summed E-state index contributed by atoms with van der Waals surface area (Å²) in [5.41, 5.74) is 2.87. The van der Waals surface area contributed by atoms with Gasteiger partial charge < -0.3 is 4.74 Å². The van der Waals surface area contributed by atoms with E-state index in [2.05, 4.69) is 20.9 Å². The highest BCUT2D eigenvalue weighted by Gasteiger charge is 2.15. The molecule has 0 aliphatic heterocycles. The maximum atomic E-state index is 6.27. The lowest BCUT2D eigenvalue weighted by Gasteiger charge is -2.04. The van der Waals surface area contributed by atoms with Gasteiger partial charge >= 0.3 is 0 Å². The van der Waals surface area contributed by atoms with Crippen molar-refractivity contribution in [3.8, 4) is 10.6 Å². The van der Waals surface area contributed by atoms with E-state index in [1.165, 1.54) is 0 Å². The fourth-order valence-corrected chi connectivity index (χ4v) is 4.24. The Hall–Kier alpha value is -0.910. The zero-order chi connectivity index (χ0) is 17.1. The number of nitrogens with zero attached hydrogens (tertiary/aromatic N) is 1. The topological polar surface area (TPSA) is 22.1 Å². The number of hydrogen-bond acceptors (Lipinski definition) is 3. The van der Waals surface area contributed by atoms with Crippen LogP contribution >= 0.6 is 50.5 Å². The number of aryl methyl sites for hydroxylation is 1. The number of aromatic nitrogens is 1. The number of ether oxygens (including phenoxy) is 1. The predicted octanol–water partition coefficient (Wildman–Crippen LogP) is 6.90. The minimum absolute atomic E-state index is 0.516. The molecule has 0 saturated carbocycles. The van der Waals surface area contributed by atoms with Crippen molar-refractivity contribution in [3.63, 3.8) is 0 Å². The van der Waals surface area contributed by atoms with Crippen LogP contribution in [0, 0.1) is 6.92 Å². The first-order valence-corrected chi connectivity index (χ1v) is 9.64. The van der Waals surface area contributed by atoms with Crippen LogP contribution in [0.5, 0.6) is 0 Å². The Morgan fingerprint density at radius 3 is 2.38 bits per heavy atom. The van der Waals surface area contributed by atoms with Gasteiger partial charge in [-0.15, -0.1) is 11.3 Å². The first-order valence-electron chi connectivity index (χ1n) is 7.27. The first-order chi connectivity index (χ1) is 11.5. The molecule has 124 valence electrons. The Kier molecular flexibility index (Phi) is 5.95. The summed E-state index contributed by atoms with van der Waals surface area (Å²) in [6.45, 7) is 3.05. The Morgan fingerprint density at radius 1 is 1.04 bits per heavy atom. The summed E-state index contributed by atoms with van der Waals surface area (Å²) in [5.74, 6) is 0. The molecule has 0 radical (unpaired) electrons. The van der Waals surface area contributed by atoms with Gasteiger partial charge in [-0.1, -0.05) is 57.3 Å². The monoisotopic (exact) mass is 441 g/mol. The summed E-state index contributed by atoms with van der Waals surface area (Å²) < 4.78 is 6.89. The Balaban J connectivity index is 1.71. The van der Waals surface area contributed by atoms with E-state index in [0.29, 0.717) is 23.3 Å². The zero-order valence-corrected chi connectivity index (χ0v) is 16.8. The van der Waals surface area contributed by atoms with Gasteiger partial charge in [0, 0.05) is 10.0 Å². The number of hydrogen-bond donors (Lipinski definition) is 0. The maximum absolute atomic E-state index is 6.27. The Morgan fingerprint density at radius 2 is 1.71 bits per heavy atom. The lowest BCUT2D eigenvalue weighted by atomic mass is 10.2. The van der Waals surface area contributed by atoms with Gasteiger partial charge in [-0.25, -0.2) is 4.98 Å². The fraction of sp³-hybridized carbons (Fsp3) is 0.167. The van der Waals surface area contributed by atoms with Crippen LogP contribution in [0.25, 0.3) is 10.6 Å². The van der Waals surface area contributed by atoms with Gasteiger partial charge in [-0.3, -0.25) is 0 Å². The van der Waals surface area contributed by atoms with Gasteiger partial charge in [0.2, 0.25) is 0 Å². The molecule has 0 fully saturated rings. The molecule has 1 aromatic heterocycles. The number of benzene rings is 2. The Bertz CT molecular complexity index is 828. The molecule has 2 aromatic carbocycles. The lowest BCUT2D eigenvalue weighted by Crippen LogP contribution is -1.93. The summed E-state index contributed by atoms with van der Waals surface area (Å²) in [5, 5.41) is 2.04. The highest BCUT2D eigenvalue weighted by atomic mass is 79.9. The largest absolute Gasteiger partial charge is 0.371 e. The third kappa shape index (κ3) is 4.19. The minimum Gasteiger partial charge on any atom is -0.371 e. The van der Waals surface area contributed by atoms with Crippen molar-refractivity contribution in [2.24, 2.45) is 0 Å². The van der Waals surface area contributed by atoms with Crippen LogP contribution in [-0.2, 0) is 18.0 Å². The van der Waals surface area contributed by atoms with Gasteiger partial charge in [0.15, 0.2) is 0 Å². The molecule has 0 N–H and O–H groups in total. The summed E-state index contributed by atoms with van der Waals surface area (Å²) in [6, 6.07) is 13.6. The van der Waals surface area contributed by atoms with E-state index in [4.69, 9.17) is 27.9 Å². The van der Waals surface area contributed by atoms with Crippen LogP contribution in [-0.4, -0.2) is 4.98 Å². The third-order valence-electron chi connectivity index (χ3n) is 3.48. The van der Waals surface area contributed by atoms with Crippen LogP contribution < -0.4 is 0 Å². The standard InChI is InChI=1S/C18H14BrCl2NOS/c1-11-16(10-23-9-12-5-7-13(19)8-6-12)24-18(22-11)17-14(20)3-2-4-15(17)21/h2-8H,9-10H2,1H3. The van der Waals surface area contributed by atoms with Crippen molar-refractivity contribution in [2.45, 2.75) is 20.1 Å². The molecule has 0 amide bonds. The van der Waals surface area contributed by atoms with E-state index in [0.717, 1.165) is 31.2 Å². The molecule has 0 spiro atoms. The molecule has 0 bridgehead atoms. The predicted molar refractivity (Wildman–Crippen MR) is 105 cm³/mol. The summed E-state index contributed by atoms with van der Waals surface area (Å²) >= 11 is 17.5. The van der Waals surface area contributed by atoms with Crippen LogP contribution in [0.2, 0.25) is 10.0 Å². The van der Waals surface area contributed by atoms with E-state index in [1.54, 1.807) is 11.3 Å². The van der Waals surface area contributed by atoms with Crippen LogP contribution in [0.15, 0.2) is 46.9 Å². The average Bonchev–Trinajstić information content (AvgIpc) is 2.90. The molecule has 0 aliphatic carbocycles. The number of rotatable bonds is 5. The molecule has 3 aromatic rings. The van der Waals surface area contributed by atoms with Crippen LogP contribution in [0.3, 0.4) is 0 Å². The normalized spacial score (nSPS) is 11.0. The van der Waals surface area contributed by atoms with Crippen molar-refractivity contribution >= 4 is 50.5 Å². The average molecular weight is 443 g/mol. The zero-order valence-electron chi connectivity index (χ0n) is 12.9. The second-order valence-electron chi connectivity index (χ2n) is 5.24. The van der Waals surface area contributed by atoms with E-state index < -0.39 is 0 Å². The van der Waals surface area contributed by atoms with Gasteiger partial charge in [0.1, 0.15) is 5.01 Å². The van der Waals surface area contributed by atoms with Crippen molar-refractivity contribution in [3.05, 3.63) is 73.1 Å². The summed E-state index contributed by atoms with van der Waals surface area (Å²) in [6.07, 6.45) is 0. The fourth-order valence-electron chi connectivity index (χ4n) is 2.21. The summed E-state index contributed by atoms with van der Waals surface area (Å²) in [7, 11) is 0. The van der Waals surface area contributed by atoms with Gasteiger partial charge in [0.25, 0.3) is 0 Å². The molecular weight excluding hydrogens is 429 g/mol. The van der Waals surface area contributed by atoms with E-state index in [9.17, 15) is 0 Å².